The Morgan fingerprint density at radius 3 is 2.36 bits per heavy atom. The van der Waals surface area contributed by atoms with Crippen LogP contribution in [0.2, 0.25) is 0 Å². The molecule has 3 rings (SSSR count). The minimum atomic E-state index is -0.396. The summed E-state index contributed by atoms with van der Waals surface area (Å²) in [6.07, 6.45) is 0. The second kappa shape index (κ2) is 8.50. The van der Waals surface area contributed by atoms with Crippen LogP contribution in [0.25, 0.3) is 5.57 Å². The Morgan fingerprint density at radius 2 is 1.71 bits per heavy atom. The van der Waals surface area contributed by atoms with Crippen LogP contribution in [-0.2, 0) is 9.59 Å². The molecule has 146 valence electrons. The zero-order valence-corrected chi connectivity index (χ0v) is 16.7. The highest BCUT2D eigenvalue weighted by Crippen LogP contribution is 2.41. The van der Waals surface area contributed by atoms with E-state index in [0.717, 1.165) is 5.56 Å². The highest BCUT2D eigenvalue weighted by molar-refractivity contribution is 8.04. The number of aryl methyl sites for hydroxylation is 1. The third-order valence-electron chi connectivity index (χ3n) is 4.41. The van der Waals surface area contributed by atoms with Crippen molar-refractivity contribution in [1.29, 1.82) is 0 Å². The summed E-state index contributed by atoms with van der Waals surface area (Å²) in [7, 11) is 3.04. The molecule has 2 aromatic rings. The maximum absolute atomic E-state index is 13.3. The first-order valence-corrected chi connectivity index (χ1v) is 9.66. The summed E-state index contributed by atoms with van der Waals surface area (Å²) in [4.78, 5) is 27.9. The lowest BCUT2D eigenvalue weighted by Crippen LogP contribution is -2.31. The fourth-order valence-electron chi connectivity index (χ4n) is 3.07. The zero-order valence-electron chi connectivity index (χ0n) is 15.9. The van der Waals surface area contributed by atoms with Crippen LogP contribution in [-0.4, -0.2) is 43.5 Å². The lowest BCUT2D eigenvalue weighted by molar-refractivity contribution is -0.119. The molecule has 0 fully saturated rings. The molecule has 0 saturated heterocycles. The van der Waals surface area contributed by atoms with Crippen molar-refractivity contribution in [3.05, 3.63) is 58.5 Å². The number of benzene rings is 2. The maximum atomic E-state index is 13.3. The molecule has 0 saturated carbocycles. The number of amides is 2. The van der Waals surface area contributed by atoms with E-state index in [1.54, 1.807) is 30.3 Å². The summed E-state index contributed by atoms with van der Waals surface area (Å²) in [5.74, 6) is 0.527. The van der Waals surface area contributed by atoms with E-state index in [-0.39, 0.29) is 12.5 Å². The van der Waals surface area contributed by atoms with Gasteiger partial charge in [0.15, 0.2) is 11.5 Å². The van der Waals surface area contributed by atoms with E-state index >= 15 is 0 Å². The molecule has 0 aliphatic carbocycles. The first-order chi connectivity index (χ1) is 13.5. The highest BCUT2D eigenvalue weighted by Gasteiger charge is 2.40. The van der Waals surface area contributed by atoms with Crippen molar-refractivity contribution in [2.24, 2.45) is 0 Å². The number of carbonyl (C=O) groups excluding carboxylic acids is 2. The topological polar surface area (TPSA) is 76.1 Å². The minimum absolute atomic E-state index is 0.0980. The predicted octanol–water partition coefficient (Wildman–Crippen LogP) is 3.02. The highest BCUT2D eigenvalue weighted by atomic mass is 32.2. The minimum Gasteiger partial charge on any atom is -0.493 e. The third-order valence-corrected chi connectivity index (χ3v) is 5.46. The molecular weight excluding hydrogens is 378 g/mol. The molecule has 28 heavy (non-hydrogen) atoms. The number of aliphatic hydroxyl groups excluding tert-OH is 1. The zero-order chi connectivity index (χ0) is 20.3. The second-order valence-electron chi connectivity index (χ2n) is 6.08. The van der Waals surface area contributed by atoms with Gasteiger partial charge in [-0.3, -0.25) is 9.59 Å². The molecule has 0 radical (unpaired) electrons. The average Bonchev–Trinajstić information content (AvgIpc) is 2.95. The molecule has 2 amide bonds. The number of anilines is 1. The van der Waals surface area contributed by atoms with Crippen molar-refractivity contribution in [3.63, 3.8) is 0 Å². The predicted molar refractivity (Wildman–Crippen MR) is 110 cm³/mol. The number of para-hydroxylation sites is 1. The van der Waals surface area contributed by atoms with Gasteiger partial charge in [-0.25, -0.2) is 4.90 Å². The molecule has 2 aromatic carbocycles. The van der Waals surface area contributed by atoms with Gasteiger partial charge in [0, 0.05) is 5.75 Å². The molecule has 1 aliphatic heterocycles. The number of nitrogens with zero attached hydrogens (tertiary/aromatic N) is 1. The summed E-state index contributed by atoms with van der Waals surface area (Å²) in [5, 5.41) is 9.22. The summed E-state index contributed by atoms with van der Waals surface area (Å²) >= 11 is 1.17. The van der Waals surface area contributed by atoms with Crippen molar-refractivity contribution in [3.8, 4) is 11.5 Å². The van der Waals surface area contributed by atoms with Gasteiger partial charge in [-0.1, -0.05) is 24.3 Å². The first-order valence-electron chi connectivity index (χ1n) is 8.68. The van der Waals surface area contributed by atoms with Crippen LogP contribution < -0.4 is 14.4 Å². The van der Waals surface area contributed by atoms with Gasteiger partial charge in [0.05, 0.1) is 37.0 Å². The van der Waals surface area contributed by atoms with E-state index in [0.29, 0.717) is 39.0 Å². The van der Waals surface area contributed by atoms with E-state index in [2.05, 4.69) is 0 Å². The van der Waals surface area contributed by atoms with Crippen LogP contribution in [0.15, 0.2) is 47.4 Å². The molecular formula is C21H21NO5S. The quantitative estimate of drug-likeness (QED) is 0.722. The SMILES string of the molecule is COc1ccc(C2=C(SCCO)C(=O)N(c3ccccc3C)C2=O)cc1OC. The molecule has 0 unspecified atom stereocenters. The van der Waals surface area contributed by atoms with Crippen molar-refractivity contribution in [1.82, 2.24) is 0 Å². The van der Waals surface area contributed by atoms with Gasteiger partial charge in [-0.05, 0) is 36.2 Å². The Balaban J connectivity index is 2.12. The standard InChI is InChI=1S/C21H21NO5S/c1-13-6-4-5-7-15(13)22-20(24)18(19(21(22)25)28-11-10-23)14-8-9-16(26-2)17(12-14)27-3/h4-9,12,23H,10-11H2,1-3H3. The monoisotopic (exact) mass is 399 g/mol. The van der Waals surface area contributed by atoms with Crippen molar-refractivity contribution >= 4 is 34.8 Å². The summed E-state index contributed by atoms with van der Waals surface area (Å²) in [5.41, 5.74) is 2.24. The number of thioether (sulfide) groups is 1. The lowest BCUT2D eigenvalue weighted by atomic mass is 10.1. The van der Waals surface area contributed by atoms with Crippen LogP contribution in [0.4, 0.5) is 5.69 Å². The van der Waals surface area contributed by atoms with Gasteiger partial charge >= 0.3 is 0 Å². The normalized spacial score (nSPS) is 14.1. The number of imide groups is 1. The van der Waals surface area contributed by atoms with Crippen LogP contribution in [0.3, 0.4) is 0 Å². The van der Waals surface area contributed by atoms with Gasteiger partial charge in [0.1, 0.15) is 0 Å². The summed E-state index contributed by atoms with van der Waals surface area (Å²) in [6, 6.07) is 12.3. The summed E-state index contributed by atoms with van der Waals surface area (Å²) in [6.45, 7) is 1.75. The molecule has 0 spiro atoms. The van der Waals surface area contributed by atoms with E-state index in [9.17, 15) is 14.7 Å². The fraction of sp³-hybridized carbons (Fsp3) is 0.238. The van der Waals surface area contributed by atoms with E-state index in [1.165, 1.54) is 30.9 Å². The van der Waals surface area contributed by atoms with Crippen molar-refractivity contribution in [2.45, 2.75) is 6.92 Å². The van der Waals surface area contributed by atoms with Crippen LogP contribution in [0.1, 0.15) is 11.1 Å². The van der Waals surface area contributed by atoms with Crippen molar-refractivity contribution < 1.29 is 24.2 Å². The van der Waals surface area contributed by atoms with Gasteiger partial charge in [-0.2, -0.15) is 0 Å². The number of ether oxygens (including phenoxy) is 2. The lowest BCUT2D eigenvalue weighted by Gasteiger charge is -2.17. The molecule has 7 heteroatoms. The number of rotatable bonds is 7. The molecule has 0 aromatic heterocycles. The Labute approximate surface area is 167 Å². The Morgan fingerprint density at radius 1 is 1.00 bits per heavy atom. The molecule has 1 heterocycles. The van der Waals surface area contributed by atoms with E-state index < -0.39 is 5.91 Å². The Hall–Kier alpha value is -2.77. The molecule has 0 atom stereocenters. The van der Waals surface area contributed by atoms with Gasteiger partial charge < -0.3 is 14.6 Å². The van der Waals surface area contributed by atoms with Crippen LogP contribution in [0.5, 0.6) is 11.5 Å². The molecule has 1 aliphatic rings. The number of hydrogen-bond acceptors (Lipinski definition) is 6. The number of hydrogen-bond donors (Lipinski definition) is 1. The third kappa shape index (κ3) is 3.50. The molecule has 1 N–H and O–H groups in total. The second-order valence-corrected chi connectivity index (χ2v) is 7.18. The average molecular weight is 399 g/mol. The van der Waals surface area contributed by atoms with Gasteiger partial charge in [0.2, 0.25) is 0 Å². The number of methoxy groups -OCH3 is 2. The molecule has 6 nitrogen and oxygen atoms in total. The van der Waals surface area contributed by atoms with Gasteiger partial charge in [-0.15, -0.1) is 11.8 Å². The number of aliphatic hydroxyl groups is 1. The van der Waals surface area contributed by atoms with Crippen molar-refractivity contribution in [2.75, 3.05) is 31.5 Å². The smallest absolute Gasteiger partial charge is 0.272 e. The first kappa shape index (κ1) is 20.0. The van der Waals surface area contributed by atoms with Crippen LogP contribution >= 0.6 is 11.8 Å². The van der Waals surface area contributed by atoms with E-state index in [4.69, 9.17) is 9.47 Å². The largest absolute Gasteiger partial charge is 0.493 e. The maximum Gasteiger partial charge on any atom is 0.272 e. The molecule has 0 bridgehead atoms. The fourth-order valence-corrected chi connectivity index (χ4v) is 3.93. The Bertz CT molecular complexity index is 954. The van der Waals surface area contributed by atoms with Gasteiger partial charge in [0.25, 0.3) is 11.8 Å². The van der Waals surface area contributed by atoms with Crippen LogP contribution in [0, 0.1) is 6.92 Å². The number of carbonyl (C=O) groups is 2. The Kier molecular flexibility index (Phi) is 6.06. The summed E-state index contributed by atoms with van der Waals surface area (Å²) < 4.78 is 10.6. The van der Waals surface area contributed by atoms with E-state index in [1.807, 2.05) is 19.1 Å².